The Kier molecular flexibility index (Phi) is 9.39. The minimum absolute atomic E-state index is 0.0526. The van der Waals surface area contributed by atoms with E-state index in [-0.39, 0.29) is 38.3 Å². The van der Waals surface area contributed by atoms with Crippen molar-refractivity contribution in [2.24, 2.45) is 5.92 Å². The molecule has 2 aromatic carbocycles. The van der Waals surface area contributed by atoms with Crippen molar-refractivity contribution in [3.05, 3.63) is 59.7 Å². The van der Waals surface area contributed by atoms with E-state index in [9.17, 15) is 44.8 Å². The van der Waals surface area contributed by atoms with Gasteiger partial charge in [0.1, 0.15) is 11.8 Å². The number of aliphatic carboxylic acids is 1. The number of carbonyl (C=O) groups excluding carboxylic acids is 2. The highest BCUT2D eigenvalue weighted by atomic mass is 32.2. The number of piperazine rings is 1. The van der Waals surface area contributed by atoms with Crippen molar-refractivity contribution in [3.8, 4) is 5.75 Å². The van der Waals surface area contributed by atoms with Crippen LogP contribution in [0.25, 0.3) is 0 Å². The molecule has 2 aliphatic heterocycles. The van der Waals surface area contributed by atoms with Crippen molar-refractivity contribution in [2.75, 3.05) is 32.7 Å². The Bertz CT molecular complexity index is 1480. The van der Waals surface area contributed by atoms with Gasteiger partial charge >= 0.3 is 18.4 Å². The second-order valence-corrected chi connectivity index (χ2v) is 12.2. The van der Waals surface area contributed by atoms with Crippen molar-refractivity contribution in [1.29, 1.82) is 0 Å². The highest BCUT2D eigenvalue weighted by Gasteiger charge is 2.44. The van der Waals surface area contributed by atoms with Gasteiger partial charge in [0.05, 0.1) is 10.8 Å². The van der Waals surface area contributed by atoms with Crippen LogP contribution in [0.4, 0.5) is 26.7 Å². The Hall–Kier alpha value is -3.99. The van der Waals surface area contributed by atoms with Gasteiger partial charge in [-0.05, 0) is 29.8 Å². The fourth-order valence-electron chi connectivity index (χ4n) is 4.76. The molecule has 44 heavy (non-hydrogen) atoms. The first-order valence-corrected chi connectivity index (χ1v) is 14.8. The average molecular weight is 649 g/mol. The van der Waals surface area contributed by atoms with Gasteiger partial charge in [0.2, 0.25) is 15.9 Å². The lowest BCUT2D eigenvalue weighted by Gasteiger charge is -2.44. The van der Waals surface area contributed by atoms with Crippen LogP contribution >= 0.6 is 0 Å². The number of ether oxygens (including phenoxy) is 1. The van der Waals surface area contributed by atoms with Crippen molar-refractivity contribution in [1.82, 2.24) is 19.4 Å². The molecule has 2 aliphatic rings. The molecule has 2 aromatic rings. The minimum Gasteiger partial charge on any atom is -0.481 e. The fourth-order valence-corrected chi connectivity index (χ4v) is 6.33. The van der Waals surface area contributed by atoms with Crippen molar-refractivity contribution in [2.45, 2.75) is 43.1 Å². The minimum atomic E-state index is -5.00. The molecular weight excluding hydrogens is 619 g/mol. The molecule has 240 valence electrons. The summed E-state index contributed by atoms with van der Waals surface area (Å²) in [5, 5.41) is 11.7. The topological polar surface area (TPSA) is 137 Å². The number of rotatable bonds is 9. The standard InChI is InChI=1S/C27H29F5N4O7S/c1-2-26(28,29)19-5-3-17(4-6-19)13-33-23(37)22-16-34(25(40)35-14-18(15-35)24(38)39)11-12-36(22)44(41,42)21-9-7-20(8-10-21)43-27(30,31)32/h3-10,18,22H,2,11-16H2,1H3,(H,33,37)(H,38,39). The van der Waals surface area contributed by atoms with E-state index >= 15 is 0 Å². The fraction of sp³-hybridized carbons (Fsp3) is 0.444. The number of carboxylic acids is 1. The summed E-state index contributed by atoms with van der Waals surface area (Å²) in [6, 6.07) is 6.54. The molecule has 11 nitrogen and oxygen atoms in total. The number of benzene rings is 2. The predicted octanol–water partition coefficient (Wildman–Crippen LogP) is 3.21. The van der Waals surface area contributed by atoms with E-state index in [0.29, 0.717) is 5.56 Å². The number of sulfonamides is 1. The Morgan fingerprint density at radius 1 is 0.932 bits per heavy atom. The van der Waals surface area contributed by atoms with E-state index < -0.39 is 75.8 Å². The molecule has 17 heteroatoms. The number of alkyl halides is 5. The molecule has 2 fully saturated rings. The summed E-state index contributed by atoms with van der Waals surface area (Å²) in [5.74, 6) is -6.32. The molecule has 3 amide bonds. The molecule has 2 heterocycles. The van der Waals surface area contributed by atoms with Gasteiger partial charge in [-0.15, -0.1) is 13.2 Å². The number of carbonyl (C=O) groups is 3. The second kappa shape index (κ2) is 12.6. The summed E-state index contributed by atoms with van der Waals surface area (Å²) >= 11 is 0. The highest BCUT2D eigenvalue weighted by molar-refractivity contribution is 7.89. The molecule has 0 spiro atoms. The zero-order valence-corrected chi connectivity index (χ0v) is 24.1. The van der Waals surface area contributed by atoms with Gasteiger partial charge in [-0.3, -0.25) is 9.59 Å². The number of halogens is 5. The van der Waals surface area contributed by atoms with Gasteiger partial charge in [-0.25, -0.2) is 22.0 Å². The molecular formula is C27H29F5N4O7S. The third-order valence-electron chi connectivity index (χ3n) is 7.36. The van der Waals surface area contributed by atoms with Crippen LogP contribution < -0.4 is 10.1 Å². The Balaban J connectivity index is 1.53. The molecule has 0 aliphatic carbocycles. The van der Waals surface area contributed by atoms with Gasteiger partial charge in [0.15, 0.2) is 0 Å². The van der Waals surface area contributed by atoms with Crippen LogP contribution in [0.1, 0.15) is 24.5 Å². The lowest BCUT2D eigenvalue weighted by atomic mass is 10.0. The first-order valence-electron chi connectivity index (χ1n) is 13.4. The van der Waals surface area contributed by atoms with Crippen LogP contribution in [-0.2, 0) is 32.1 Å². The van der Waals surface area contributed by atoms with E-state index in [2.05, 4.69) is 10.1 Å². The largest absolute Gasteiger partial charge is 0.573 e. The quantitative estimate of drug-likeness (QED) is 0.399. The predicted molar refractivity (Wildman–Crippen MR) is 143 cm³/mol. The second-order valence-electron chi connectivity index (χ2n) is 10.3. The van der Waals surface area contributed by atoms with Crippen LogP contribution in [-0.4, -0.2) is 90.7 Å². The normalized spacial score (nSPS) is 18.5. The van der Waals surface area contributed by atoms with Crippen molar-refractivity contribution >= 4 is 27.9 Å². The number of hydrogen-bond donors (Lipinski definition) is 2. The van der Waals surface area contributed by atoms with Crippen molar-refractivity contribution in [3.63, 3.8) is 0 Å². The van der Waals surface area contributed by atoms with Crippen LogP contribution in [0.5, 0.6) is 5.75 Å². The number of urea groups is 1. The number of hydrogen-bond acceptors (Lipinski definition) is 6. The molecule has 0 radical (unpaired) electrons. The van der Waals surface area contributed by atoms with Crippen molar-refractivity contribution < 1.29 is 54.6 Å². The van der Waals surface area contributed by atoms with Gasteiger partial charge in [0, 0.05) is 51.3 Å². The maximum absolute atomic E-state index is 14.0. The maximum Gasteiger partial charge on any atom is 0.573 e. The molecule has 2 N–H and O–H groups in total. The summed E-state index contributed by atoms with van der Waals surface area (Å²) in [7, 11) is -4.48. The average Bonchev–Trinajstić information content (AvgIpc) is 2.94. The van der Waals surface area contributed by atoms with E-state index in [4.69, 9.17) is 5.11 Å². The summed E-state index contributed by atoms with van der Waals surface area (Å²) in [6.07, 6.45) is -5.40. The molecule has 0 bridgehead atoms. The van der Waals surface area contributed by atoms with Gasteiger partial charge < -0.3 is 25.0 Å². The Morgan fingerprint density at radius 2 is 1.55 bits per heavy atom. The lowest BCUT2D eigenvalue weighted by Crippen LogP contribution is -2.65. The monoisotopic (exact) mass is 648 g/mol. The summed E-state index contributed by atoms with van der Waals surface area (Å²) in [6.45, 7) is 0.151. The highest BCUT2D eigenvalue weighted by Crippen LogP contribution is 2.31. The van der Waals surface area contributed by atoms with E-state index in [0.717, 1.165) is 28.6 Å². The summed E-state index contributed by atoms with van der Waals surface area (Å²) in [5.41, 5.74) is 0.226. The van der Waals surface area contributed by atoms with Crippen LogP contribution in [0.3, 0.4) is 0 Å². The number of amides is 3. The van der Waals surface area contributed by atoms with E-state index in [1.165, 1.54) is 41.0 Å². The molecule has 1 unspecified atom stereocenters. The van der Waals surface area contributed by atoms with Crippen LogP contribution in [0.15, 0.2) is 53.4 Å². The third-order valence-corrected chi connectivity index (χ3v) is 9.28. The van der Waals surface area contributed by atoms with Crippen LogP contribution in [0.2, 0.25) is 0 Å². The third kappa shape index (κ3) is 7.38. The zero-order chi connectivity index (χ0) is 32.4. The summed E-state index contributed by atoms with van der Waals surface area (Å²) < 4.78 is 97.3. The molecule has 0 saturated carbocycles. The smallest absolute Gasteiger partial charge is 0.481 e. The molecule has 0 aromatic heterocycles. The van der Waals surface area contributed by atoms with E-state index in [1.807, 2.05) is 0 Å². The molecule has 2 saturated heterocycles. The summed E-state index contributed by atoms with van der Waals surface area (Å²) in [4.78, 5) is 39.6. The maximum atomic E-state index is 14.0. The first kappa shape index (κ1) is 32.9. The lowest BCUT2D eigenvalue weighted by molar-refractivity contribution is -0.274. The Morgan fingerprint density at radius 3 is 2.09 bits per heavy atom. The molecule has 4 rings (SSSR count). The Labute approximate surface area is 249 Å². The number of carboxylic acid groups (broad SMARTS) is 1. The van der Waals surface area contributed by atoms with Gasteiger partial charge in [0.25, 0.3) is 5.92 Å². The number of nitrogens with one attached hydrogen (secondary N) is 1. The first-order chi connectivity index (χ1) is 20.5. The molecule has 1 atom stereocenters. The van der Waals surface area contributed by atoms with E-state index in [1.54, 1.807) is 0 Å². The zero-order valence-electron chi connectivity index (χ0n) is 23.3. The number of likely N-dealkylation sites (tertiary alicyclic amines) is 1. The van der Waals surface area contributed by atoms with Gasteiger partial charge in [-0.1, -0.05) is 31.2 Å². The van der Waals surface area contributed by atoms with Crippen LogP contribution in [0, 0.1) is 5.92 Å². The van der Waals surface area contributed by atoms with Gasteiger partial charge in [-0.2, -0.15) is 4.31 Å². The number of nitrogens with zero attached hydrogens (tertiary/aromatic N) is 3. The SMILES string of the molecule is CCC(F)(F)c1ccc(CNC(=O)C2CN(C(=O)N3CC(C(=O)O)C3)CCN2S(=O)(=O)c2ccc(OC(F)(F)F)cc2)cc1.